The maximum atomic E-state index is 12.3. The smallest absolute Gasteiger partial charge is 0.262 e. The molecule has 0 atom stereocenters. The van der Waals surface area contributed by atoms with E-state index in [4.69, 9.17) is 4.74 Å². The SMILES string of the molecule is CCCc1cc(=O)[nH]c2cc(NC(=O)COc3ccc4ccccc4c3)ccc12. The molecule has 1 aromatic heterocycles. The summed E-state index contributed by atoms with van der Waals surface area (Å²) >= 11 is 0. The molecule has 4 aromatic rings. The predicted octanol–water partition coefficient (Wildman–Crippen LogP) is 4.65. The Morgan fingerprint density at radius 3 is 2.66 bits per heavy atom. The number of amides is 1. The van der Waals surface area contributed by atoms with Crippen LogP contribution in [0, 0.1) is 0 Å². The lowest BCUT2D eigenvalue weighted by Crippen LogP contribution is -2.20. The average Bonchev–Trinajstić information content (AvgIpc) is 2.72. The largest absolute Gasteiger partial charge is 0.484 e. The van der Waals surface area contributed by atoms with Gasteiger partial charge in [0.05, 0.1) is 5.52 Å². The molecule has 0 radical (unpaired) electrons. The summed E-state index contributed by atoms with van der Waals surface area (Å²) < 4.78 is 5.64. The molecule has 0 saturated carbocycles. The van der Waals surface area contributed by atoms with Crippen molar-refractivity contribution in [3.8, 4) is 5.75 Å². The number of ether oxygens (including phenoxy) is 1. The Morgan fingerprint density at radius 2 is 1.83 bits per heavy atom. The molecule has 0 aliphatic heterocycles. The number of carbonyl (C=O) groups is 1. The third-order valence-electron chi connectivity index (χ3n) is 4.82. The molecule has 2 N–H and O–H groups in total. The Hall–Kier alpha value is -3.60. The summed E-state index contributed by atoms with van der Waals surface area (Å²) in [5.41, 5.74) is 2.22. The van der Waals surface area contributed by atoms with Crippen LogP contribution in [0.3, 0.4) is 0 Å². The number of aromatic nitrogens is 1. The Morgan fingerprint density at radius 1 is 1.00 bits per heavy atom. The van der Waals surface area contributed by atoms with Crippen molar-refractivity contribution in [1.82, 2.24) is 4.98 Å². The minimum Gasteiger partial charge on any atom is -0.484 e. The first-order chi connectivity index (χ1) is 14.1. The maximum absolute atomic E-state index is 12.3. The predicted molar refractivity (Wildman–Crippen MR) is 117 cm³/mol. The van der Waals surface area contributed by atoms with Crippen molar-refractivity contribution in [3.63, 3.8) is 0 Å². The first-order valence-electron chi connectivity index (χ1n) is 9.70. The van der Waals surface area contributed by atoms with E-state index < -0.39 is 0 Å². The van der Waals surface area contributed by atoms with Gasteiger partial charge < -0.3 is 15.0 Å². The molecule has 1 amide bonds. The normalized spacial score (nSPS) is 10.9. The number of anilines is 1. The third-order valence-corrected chi connectivity index (χ3v) is 4.82. The number of fused-ring (bicyclic) bond motifs is 2. The second-order valence-electron chi connectivity index (χ2n) is 7.01. The number of aryl methyl sites for hydroxylation is 1. The molecule has 5 nitrogen and oxygen atoms in total. The van der Waals surface area contributed by atoms with E-state index in [2.05, 4.69) is 17.2 Å². The van der Waals surface area contributed by atoms with E-state index in [0.29, 0.717) is 17.0 Å². The van der Waals surface area contributed by atoms with Crippen LogP contribution in [0.2, 0.25) is 0 Å². The molecule has 1 heterocycles. The number of aromatic amines is 1. The van der Waals surface area contributed by atoms with Crippen LogP contribution < -0.4 is 15.6 Å². The highest BCUT2D eigenvalue weighted by Gasteiger charge is 2.08. The van der Waals surface area contributed by atoms with Gasteiger partial charge in [0.2, 0.25) is 5.56 Å². The van der Waals surface area contributed by atoms with Gasteiger partial charge in [-0.3, -0.25) is 9.59 Å². The summed E-state index contributed by atoms with van der Waals surface area (Å²) in [4.78, 5) is 27.1. The maximum Gasteiger partial charge on any atom is 0.262 e. The molecule has 3 aromatic carbocycles. The second kappa shape index (κ2) is 8.19. The number of nitrogens with one attached hydrogen (secondary N) is 2. The topological polar surface area (TPSA) is 71.2 Å². The summed E-state index contributed by atoms with van der Waals surface area (Å²) in [6.07, 6.45) is 1.80. The average molecular weight is 386 g/mol. The number of hydrogen-bond donors (Lipinski definition) is 2. The minimum atomic E-state index is -0.260. The van der Waals surface area contributed by atoms with Gasteiger partial charge in [0.1, 0.15) is 5.75 Å². The van der Waals surface area contributed by atoms with Crippen molar-refractivity contribution >= 4 is 33.3 Å². The van der Waals surface area contributed by atoms with Crippen LogP contribution >= 0.6 is 0 Å². The fraction of sp³-hybridized carbons (Fsp3) is 0.167. The summed E-state index contributed by atoms with van der Waals surface area (Å²) in [5, 5.41) is 6.01. The number of carbonyl (C=O) groups excluding carboxylic acids is 1. The van der Waals surface area contributed by atoms with Gasteiger partial charge in [-0.2, -0.15) is 0 Å². The summed E-state index contributed by atoms with van der Waals surface area (Å²) in [6.45, 7) is 1.99. The standard InChI is InChI=1S/C24H22N2O3/c1-2-5-18-13-23(27)26-22-14-19(9-11-21(18)22)25-24(28)15-29-20-10-8-16-6-3-4-7-17(16)12-20/h3-4,6-14H,2,5,15H2,1H3,(H,25,28)(H,26,27). The zero-order valence-electron chi connectivity index (χ0n) is 16.2. The zero-order valence-corrected chi connectivity index (χ0v) is 16.2. The molecule has 0 fully saturated rings. The van der Waals surface area contributed by atoms with Crippen LogP contribution in [0.25, 0.3) is 21.7 Å². The van der Waals surface area contributed by atoms with Gasteiger partial charge in [0.25, 0.3) is 5.91 Å². The van der Waals surface area contributed by atoms with Gasteiger partial charge in [-0.05, 0) is 47.0 Å². The summed E-state index contributed by atoms with van der Waals surface area (Å²) in [6, 6.07) is 20.9. The lowest BCUT2D eigenvalue weighted by Gasteiger charge is -2.10. The quantitative estimate of drug-likeness (QED) is 0.507. The van der Waals surface area contributed by atoms with Crippen LogP contribution in [0.4, 0.5) is 5.69 Å². The monoisotopic (exact) mass is 386 g/mol. The Labute approximate surface area is 168 Å². The highest BCUT2D eigenvalue weighted by Crippen LogP contribution is 2.22. The highest BCUT2D eigenvalue weighted by molar-refractivity contribution is 5.95. The van der Waals surface area contributed by atoms with E-state index in [1.54, 1.807) is 12.1 Å². The van der Waals surface area contributed by atoms with E-state index in [-0.39, 0.29) is 18.1 Å². The molecular weight excluding hydrogens is 364 g/mol. The minimum absolute atomic E-state index is 0.0945. The molecule has 4 rings (SSSR count). The van der Waals surface area contributed by atoms with Crippen molar-refractivity contribution in [3.05, 3.63) is 82.6 Å². The van der Waals surface area contributed by atoms with E-state index in [1.807, 2.05) is 54.6 Å². The van der Waals surface area contributed by atoms with Crippen LogP contribution in [0.15, 0.2) is 71.5 Å². The fourth-order valence-electron chi connectivity index (χ4n) is 3.49. The molecule has 0 unspecified atom stereocenters. The summed E-state index contributed by atoms with van der Waals surface area (Å²) in [7, 11) is 0. The van der Waals surface area contributed by atoms with Gasteiger partial charge >= 0.3 is 0 Å². The molecule has 0 aliphatic carbocycles. The number of H-pyrrole nitrogens is 1. The molecule has 29 heavy (non-hydrogen) atoms. The number of pyridine rings is 1. The van der Waals surface area contributed by atoms with Gasteiger partial charge in [-0.25, -0.2) is 0 Å². The molecule has 0 aliphatic rings. The first kappa shape index (κ1) is 18.7. The number of hydrogen-bond acceptors (Lipinski definition) is 3. The molecule has 0 spiro atoms. The van der Waals surface area contributed by atoms with Gasteiger partial charge in [-0.1, -0.05) is 49.7 Å². The second-order valence-corrected chi connectivity index (χ2v) is 7.01. The van der Waals surface area contributed by atoms with Crippen molar-refractivity contribution in [1.29, 1.82) is 0 Å². The Balaban J connectivity index is 1.46. The Kier molecular flexibility index (Phi) is 5.29. The third kappa shape index (κ3) is 4.29. The molecular formula is C24H22N2O3. The highest BCUT2D eigenvalue weighted by atomic mass is 16.5. The number of benzene rings is 3. The van der Waals surface area contributed by atoms with Crippen LogP contribution in [-0.4, -0.2) is 17.5 Å². The van der Waals surface area contributed by atoms with Crippen molar-refractivity contribution < 1.29 is 9.53 Å². The molecule has 146 valence electrons. The lowest BCUT2D eigenvalue weighted by molar-refractivity contribution is -0.118. The van der Waals surface area contributed by atoms with Gasteiger partial charge in [0, 0.05) is 17.1 Å². The van der Waals surface area contributed by atoms with Crippen molar-refractivity contribution in [2.24, 2.45) is 0 Å². The zero-order chi connectivity index (χ0) is 20.2. The molecule has 0 saturated heterocycles. The van der Waals surface area contributed by atoms with Crippen molar-refractivity contribution in [2.75, 3.05) is 11.9 Å². The lowest BCUT2D eigenvalue weighted by atomic mass is 10.0. The number of rotatable bonds is 6. The van der Waals surface area contributed by atoms with E-state index in [9.17, 15) is 9.59 Å². The summed E-state index contributed by atoms with van der Waals surface area (Å²) in [5.74, 6) is 0.385. The fourth-order valence-corrected chi connectivity index (χ4v) is 3.49. The van der Waals surface area contributed by atoms with Gasteiger partial charge in [-0.15, -0.1) is 0 Å². The van der Waals surface area contributed by atoms with Crippen LogP contribution in [-0.2, 0) is 11.2 Å². The van der Waals surface area contributed by atoms with Crippen LogP contribution in [0.1, 0.15) is 18.9 Å². The van der Waals surface area contributed by atoms with Crippen LogP contribution in [0.5, 0.6) is 5.75 Å². The molecule has 5 heteroatoms. The van der Waals surface area contributed by atoms with E-state index in [0.717, 1.165) is 34.6 Å². The van der Waals surface area contributed by atoms with E-state index >= 15 is 0 Å². The molecule has 0 bridgehead atoms. The Bertz CT molecular complexity index is 1240. The van der Waals surface area contributed by atoms with Crippen molar-refractivity contribution in [2.45, 2.75) is 19.8 Å². The van der Waals surface area contributed by atoms with Gasteiger partial charge in [0.15, 0.2) is 6.61 Å². The first-order valence-corrected chi connectivity index (χ1v) is 9.70. The van der Waals surface area contributed by atoms with E-state index in [1.165, 1.54) is 0 Å².